The van der Waals surface area contributed by atoms with Crippen molar-refractivity contribution in [3.8, 4) is 0 Å². The third-order valence-corrected chi connectivity index (χ3v) is 2.65. The number of nitrogens with zero attached hydrogens (tertiary/aromatic N) is 3. The number of aromatic nitrogens is 3. The molecule has 0 saturated heterocycles. The number of hydrogen-bond donors (Lipinski definition) is 0. The second-order valence-electron chi connectivity index (χ2n) is 3.84. The third kappa shape index (κ3) is 1.72. The molecule has 0 radical (unpaired) electrons. The second-order valence-corrected chi connectivity index (χ2v) is 4.23. The lowest BCUT2D eigenvalue weighted by atomic mass is 10.3. The fourth-order valence-electron chi connectivity index (χ4n) is 1.85. The van der Waals surface area contributed by atoms with Gasteiger partial charge in [0.15, 0.2) is 0 Å². The van der Waals surface area contributed by atoms with Crippen molar-refractivity contribution < 1.29 is 0 Å². The number of halogens is 1. The molecule has 15 heavy (non-hydrogen) atoms. The summed E-state index contributed by atoms with van der Waals surface area (Å²) >= 11 is 5.90. The lowest BCUT2D eigenvalue weighted by Gasteiger charge is -2.11. The standard InChI is InChI=1S/C11H14ClN3/c1-4-11-14-8-6-13-10(12)5-9(8)15(11)7(2)3/h5-7H,4H2,1-3H3. The van der Waals surface area contributed by atoms with Crippen molar-refractivity contribution in [3.63, 3.8) is 0 Å². The molecule has 0 aliphatic carbocycles. The van der Waals surface area contributed by atoms with Gasteiger partial charge in [0, 0.05) is 18.5 Å². The molecule has 2 rings (SSSR count). The van der Waals surface area contributed by atoms with Gasteiger partial charge in [0.1, 0.15) is 16.5 Å². The third-order valence-electron chi connectivity index (χ3n) is 2.45. The van der Waals surface area contributed by atoms with Gasteiger partial charge in [-0.05, 0) is 13.8 Å². The van der Waals surface area contributed by atoms with Crippen LogP contribution in [0.15, 0.2) is 12.3 Å². The molecule has 0 amide bonds. The Morgan fingerprint density at radius 3 is 2.80 bits per heavy atom. The highest BCUT2D eigenvalue weighted by Gasteiger charge is 2.12. The van der Waals surface area contributed by atoms with Gasteiger partial charge in [-0.1, -0.05) is 18.5 Å². The van der Waals surface area contributed by atoms with E-state index < -0.39 is 0 Å². The van der Waals surface area contributed by atoms with E-state index in [0.717, 1.165) is 23.3 Å². The molecule has 4 heteroatoms. The predicted molar refractivity (Wildman–Crippen MR) is 62.3 cm³/mol. The quantitative estimate of drug-likeness (QED) is 0.732. The van der Waals surface area contributed by atoms with Gasteiger partial charge < -0.3 is 4.57 Å². The molecule has 0 bridgehead atoms. The van der Waals surface area contributed by atoms with Gasteiger partial charge in [-0.2, -0.15) is 0 Å². The van der Waals surface area contributed by atoms with Crippen LogP contribution in [0, 0.1) is 0 Å². The summed E-state index contributed by atoms with van der Waals surface area (Å²) in [5.74, 6) is 1.09. The first-order chi connectivity index (χ1) is 7.13. The summed E-state index contributed by atoms with van der Waals surface area (Å²) in [6.45, 7) is 6.40. The van der Waals surface area contributed by atoms with Gasteiger partial charge in [-0.3, -0.25) is 0 Å². The van der Waals surface area contributed by atoms with Crippen LogP contribution in [0.4, 0.5) is 0 Å². The number of imidazole rings is 1. The van der Waals surface area contributed by atoms with E-state index in [0.29, 0.717) is 11.2 Å². The smallest absolute Gasteiger partial charge is 0.131 e. The van der Waals surface area contributed by atoms with Crippen molar-refractivity contribution in [3.05, 3.63) is 23.2 Å². The molecule has 2 aromatic rings. The van der Waals surface area contributed by atoms with Crippen molar-refractivity contribution in [2.45, 2.75) is 33.2 Å². The summed E-state index contributed by atoms with van der Waals surface area (Å²) < 4.78 is 2.21. The summed E-state index contributed by atoms with van der Waals surface area (Å²) in [6, 6.07) is 2.27. The zero-order valence-electron chi connectivity index (χ0n) is 9.16. The minimum Gasteiger partial charge on any atom is -0.325 e. The largest absolute Gasteiger partial charge is 0.325 e. The lowest BCUT2D eigenvalue weighted by Crippen LogP contribution is -2.05. The van der Waals surface area contributed by atoms with E-state index in [-0.39, 0.29) is 0 Å². The minimum absolute atomic E-state index is 0.392. The highest BCUT2D eigenvalue weighted by molar-refractivity contribution is 6.29. The van der Waals surface area contributed by atoms with Crippen LogP contribution in [-0.2, 0) is 6.42 Å². The zero-order chi connectivity index (χ0) is 11.0. The molecule has 0 spiro atoms. The molecule has 0 aliphatic rings. The Morgan fingerprint density at radius 2 is 2.20 bits per heavy atom. The van der Waals surface area contributed by atoms with Crippen molar-refractivity contribution in [2.75, 3.05) is 0 Å². The van der Waals surface area contributed by atoms with Crippen molar-refractivity contribution in [1.29, 1.82) is 0 Å². The molecule has 2 aromatic heterocycles. The minimum atomic E-state index is 0.392. The number of fused-ring (bicyclic) bond motifs is 1. The normalized spacial score (nSPS) is 11.5. The molecule has 0 unspecified atom stereocenters. The molecule has 0 aromatic carbocycles. The Labute approximate surface area is 94.1 Å². The maximum atomic E-state index is 5.90. The van der Waals surface area contributed by atoms with E-state index in [1.165, 1.54) is 0 Å². The van der Waals surface area contributed by atoms with Crippen LogP contribution >= 0.6 is 11.6 Å². The molecule has 0 fully saturated rings. The Hall–Kier alpha value is -1.09. The Kier molecular flexibility index (Phi) is 2.65. The van der Waals surface area contributed by atoms with Crippen LogP contribution in [0.1, 0.15) is 32.6 Å². The van der Waals surface area contributed by atoms with Gasteiger partial charge in [-0.15, -0.1) is 0 Å². The number of rotatable bonds is 2. The second kappa shape index (κ2) is 3.81. The molecule has 0 N–H and O–H groups in total. The SMILES string of the molecule is CCc1nc2cnc(Cl)cc2n1C(C)C. The van der Waals surface area contributed by atoms with E-state index in [4.69, 9.17) is 11.6 Å². The van der Waals surface area contributed by atoms with Crippen LogP contribution in [0.5, 0.6) is 0 Å². The Morgan fingerprint density at radius 1 is 1.47 bits per heavy atom. The summed E-state index contributed by atoms with van der Waals surface area (Å²) in [5.41, 5.74) is 1.99. The summed E-state index contributed by atoms with van der Waals surface area (Å²) in [6.07, 6.45) is 2.65. The summed E-state index contributed by atoms with van der Waals surface area (Å²) in [5, 5.41) is 0.520. The molecular formula is C11H14ClN3. The predicted octanol–water partition coefficient (Wildman–Crippen LogP) is 3.23. The average molecular weight is 224 g/mol. The number of aryl methyl sites for hydroxylation is 1. The van der Waals surface area contributed by atoms with Crippen LogP contribution in [0.2, 0.25) is 5.15 Å². The Bertz CT molecular complexity index is 488. The molecule has 0 aliphatic heterocycles. The van der Waals surface area contributed by atoms with Crippen LogP contribution < -0.4 is 0 Å². The van der Waals surface area contributed by atoms with Crippen LogP contribution in [0.25, 0.3) is 11.0 Å². The topological polar surface area (TPSA) is 30.7 Å². The van der Waals surface area contributed by atoms with Crippen molar-refractivity contribution in [2.24, 2.45) is 0 Å². The molecular weight excluding hydrogens is 210 g/mol. The summed E-state index contributed by atoms with van der Waals surface area (Å²) in [7, 11) is 0. The van der Waals surface area contributed by atoms with E-state index in [9.17, 15) is 0 Å². The van der Waals surface area contributed by atoms with Gasteiger partial charge in [-0.25, -0.2) is 9.97 Å². The van der Waals surface area contributed by atoms with Crippen molar-refractivity contribution >= 4 is 22.6 Å². The van der Waals surface area contributed by atoms with Gasteiger partial charge >= 0.3 is 0 Å². The first-order valence-corrected chi connectivity index (χ1v) is 5.53. The first-order valence-electron chi connectivity index (χ1n) is 5.15. The van der Waals surface area contributed by atoms with Gasteiger partial charge in [0.2, 0.25) is 0 Å². The molecule has 80 valence electrons. The summed E-state index contributed by atoms with van der Waals surface area (Å²) in [4.78, 5) is 8.58. The van der Waals surface area contributed by atoms with E-state index in [1.807, 2.05) is 6.07 Å². The highest BCUT2D eigenvalue weighted by atomic mass is 35.5. The molecule has 0 atom stereocenters. The monoisotopic (exact) mass is 223 g/mol. The van der Waals surface area contributed by atoms with E-state index in [1.54, 1.807) is 6.20 Å². The van der Waals surface area contributed by atoms with E-state index in [2.05, 4.69) is 35.3 Å². The van der Waals surface area contributed by atoms with Gasteiger partial charge in [0.25, 0.3) is 0 Å². The molecule has 3 nitrogen and oxygen atoms in total. The lowest BCUT2D eigenvalue weighted by molar-refractivity contribution is 0.588. The first kappa shape index (κ1) is 10.4. The van der Waals surface area contributed by atoms with E-state index >= 15 is 0 Å². The average Bonchev–Trinajstić information content (AvgIpc) is 2.55. The maximum Gasteiger partial charge on any atom is 0.131 e. The highest BCUT2D eigenvalue weighted by Crippen LogP contribution is 2.22. The fraction of sp³-hybridized carbons (Fsp3) is 0.455. The van der Waals surface area contributed by atoms with Crippen molar-refractivity contribution in [1.82, 2.24) is 14.5 Å². The van der Waals surface area contributed by atoms with Crippen LogP contribution in [0.3, 0.4) is 0 Å². The number of pyridine rings is 1. The molecule has 0 saturated carbocycles. The maximum absolute atomic E-state index is 5.90. The Balaban J connectivity index is 2.76. The zero-order valence-corrected chi connectivity index (χ0v) is 9.91. The molecule has 2 heterocycles. The van der Waals surface area contributed by atoms with Gasteiger partial charge in [0.05, 0.1) is 11.7 Å². The van der Waals surface area contributed by atoms with Crippen LogP contribution in [-0.4, -0.2) is 14.5 Å². The fourth-order valence-corrected chi connectivity index (χ4v) is 2.00. The number of hydrogen-bond acceptors (Lipinski definition) is 2.